The Morgan fingerprint density at radius 2 is 1.41 bits per heavy atom. The minimum absolute atomic E-state index is 0.107. The highest BCUT2D eigenvalue weighted by molar-refractivity contribution is 5.50. The quantitative estimate of drug-likeness (QED) is 0.577. The molecule has 0 aromatic heterocycles. The smallest absolute Gasteiger partial charge is 0.416 e. The van der Waals surface area contributed by atoms with Gasteiger partial charge in [-0.05, 0) is 53.9 Å². The first kappa shape index (κ1) is 18.8. The van der Waals surface area contributed by atoms with Crippen molar-refractivity contribution in [3.05, 3.63) is 94.5 Å². The van der Waals surface area contributed by atoms with Crippen LogP contribution in [-0.2, 0) is 6.18 Å². The van der Waals surface area contributed by atoms with E-state index in [1.165, 1.54) is 12.1 Å². The third kappa shape index (κ3) is 4.08. The molecule has 0 aliphatic rings. The largest absolute Gasteiger partial charge is 0.508 e. The third-order valence-electron chi connectivity index (χ3n) is 4.52. The zero-order valence-electron chi connectivity index (χ0n) is 14.9. The Morgan fingerprint density at radius 1 is 0.852 bits per heavy atom. The van der Waals surface area contributed by atoms with Gasteiger partial charge in [0, 0.05) is 11.5 Å². The van der Waals surface area contributed by atoms with Gasteiger partial charge in [-0.15, -0.1) is 0 Å². The standard InChI is InChI=1S/C22H19F3O2/c1-14-3-12-19(20(26)13-14)21(16-6-10-18(27-2)11-7-16)15-4-8-17(9-5-15)22(23,24)25/h3-13,21,26H,1-2H3/t21-/m1/s1. The van der Waals surface area contributed by atoms with E-state index in [0.29, 0.717) is 16.9 Å². The molecule has 0 fully saturated rings. The number of phenols is 1. The van der Waals surface area contributed by atoms with Crippen LogP contribution in [-0.4, -0.2) is 12.2 Å². The molecule has 3 aromatic carbocycles. The van der Waals surface area contributed by atoms with Gasteiger partial charge < -0.3 is 9.84 Å². The van der Waals surface area contributed by atoms with Crippen LogP contribution in [0.3, 0.4) is 0 Å². The van der Waals surface area contributed by atoms with Crippen LogP contribution in [0.1, 0.15) is 33.7 Å². The van der Waals surface area contributed by atoms with Crippen molar-refractivity contribution in [1.82, 2.24) is 0 Å². The summed E-state index contributed by atoms with van der Waals surface area (Å²) in [7, 11) is 1.56. The molecule has 3 aromatic rings. The van der Waals surface area contributed by atoms with Gasteiger partial charge in [0.15, 0.2) is 0 Å². The number of aryl methyl sites for hydroxylation is 1. The summed E-state index contributed by atoms with van der Waals surface area (Å²) < 4.78 is 43.9. The van der Waals surface area contributed by atoms with Crippen LogP contribution in [0.15, 0.2) is 66.7 Å². The van der Waals surface area contributed by atoms with Gasteiger partial charge in [0.2, 0.25) is 0 Å². The van der Waals surface area contributed by atoms with Gasteiger partial charge in [0.25, 0.3) is 0 Å². The second kappa shape index (κ2) is 7.35. The van der Waals surface area contributed by atoms with E-state index in [4.69, 9.17) is 4.74 Å². The van der Waals surface area contributed by atoms with E-state index in [-0.39, 0.29) is 5.75 Å². The number of aromatic hydroxyl groups is 1. The number of hydrogen-bond acceptors (Lipinski definition) is 2. The first-order valence-corrected chi connectivity index (χ1v) is 8.40. The van der Waals surface area contributed by atoms with Crippen molar-refractivity contribution in [3.63, 3.8) is 0 Å². The second-order valence-corrected chi connectivity index (χ2v) is 6.39. The molecule has 27 heavy (non-hydrogen) atoms. The Kier molecular flexibility index (Phi) is 5.13. The van der Waals surface area contributed by atoms with Crippen molar-refractivity contribution in [2.75, 3.05) is 7.11 Å². The summed E-state index contributed by atoms with van der Waals surface area (Å²) in [5.41, 5.74) is 2.33. The summed E-state index contributed by atoms with van der Waals surface area (Å²) in [4.78, 5) is 0. The van der Waals surface area contributed by atoms with E-state index in [2.05, 4.69) is 0 Å². The fourth-order valence-corrected chi connectivity index (χ4v) is 3.11. The summed E-state index contributed by atoms with van der Waals surface area (Å²) in [6, 6.07) is 17.6. The zero-order chi connectivity index (χ0) is 19.6. The average Bonchev–Trinajstić information content (AvgIpc) is 2.64. The molecule has 0 saturated carbocycles. The van der Waals surface area contributed by atoms with Gasteiger partial charge in [0.1, 0.15) is 11.5 Å². The lowest BCUT2D eigenvalue weighted by atomic mass is 9.84. The van der Waals surface area contributed by atoms with Crippen LogP contribution in [0.2, 0.25) is 0 Å². The average molecular weight is 372 g/mol. The molecule has 140 valence electrons. The Balaban J connectivity index is 2.11. The molecule has 0 heterocycles. The van der Waals surface area contributed by atoms with Crippen LogP contribution in [0, 0.1) is 6.92 Å². The number of halogens is 3. The molecule has 0 aliphatic heterocycles. The summed E-state index contributed by atoms with van der Waals surface area (Å²) in [6.07, 6.45) is -4.39. The number of alkyl halides is 3. The summed E-state index contributed by atoms with van der Waals surface area (Å²) >= 11 is 0. The monoisotopic (exact) mass is 372 g/mol. The van der Waals surface area contributed by atoms with Crippen LogP contribution in [0.5, 0.6) is 11.5 Å². The van der Waals surface area contributed by atoms with Crippen molar-refractivity contribution in [2.45, 2.75) is 19.0 Å². The Hall–Kier alpha value is -2.95. The molecule has 0 saturated heterocycles. The number of ether oxygens (including phenoxy) is 1. The maximum atomic E-state index is 12.9. The predicted molar refractivity (Wildman–Crippen MR) is 98.2 cm³/mol. The van der Waals surface area contributed by atoms with Crippen LogP contribution in [0.25, 0.3) is 0 Å². The number of methoxy groups -OCH3 is 1. The van der Waals surface area contributed by atoms with Gasteiger partial charge in [0.05, 0.1) is 12.7 Å². The highest BCUT2D eigenvalue weighted by atomic mass is 19.4. The van der Waals surface area contributed by atoms with E-state index in [9.17, 15) is 18.3 Å². The SMILES string of the molecule is COc1ccc([C@@H](c2ccc(C(F)(F)F)cc2)c2ccc(C)cc2O)cc1. The first-order valence-electron chi connectivity index (χ1n) is 8.40. The maximum absolute atomic E-state index is 12.9. The molecule has 0 aliphatic carbocycles. The molecular formula is C22H19F3O2. The lowest BCUT2D eigenvalue weighted by molar-refractivity contribution is -0.137. The second-order valence-electron chi connectivity index (χ2n) is 6.39. The van der Waals surface area contributed by atoms with Gasteiger partial charge in [-0.3, -0.25) is 0 Å². The Morgan fingerprint density at radius 3 is 1.89 bits per heavy atom. The van der Waals surface area contributed by atoms with E-state index in [1.807, 2.05) is 25.1 Å². The lowest BCUT2D eigenvalue weighted by Gasteiger charge is -2.21. The Labute approximate surface area is 155 Å². The van der Waals surface area contributed by atoms with Gasteiger partial charge in [-0.2, -0.15) is 13.2 Å². The lowest BCUT2D eigenvalue weighted by Crippen LogP contribution is -2.07. The normalized spacial score (nSPS) is 12.6. The van der Waals surface area contributed by atoms with Crippen molar-refractivity contribution in [1.29, 1.82) is 0 Å². The topological polar surface area (TPSA) is 29.5 Å². The predicted octanol–water partition coefficient (Wildman–Crippen LogP) is 5.91. The highest BCUT2D eigenvalue weighted by Crippen LogP contribution is 2.39. The maximum Gasteiger partial charge on any atom is 0.416 e. The first-order chi connectivity index (χ1) is 12.8. The molecule has 1 N–H and O–H groups in total. The van der Waals surface area contributed by atoms with Gasteiger partial charge in [-0.1, -0.05) is 36.4 Å². The number of rotatable bonds is 4. The highest BCUT2D eigenvalue weighted by Gasteiger charge is 2.30. The summed E-state index contributed by atoms with van der Waals surface area (Å²) in [6.45, 7) is 1.87. The number of benzene rings is 3. The number of phenolic OH excluding ortho intramolecular Hbond substituents is 1. The van der Waals surface area contributed by atoms with Crippen molar-refractivity contribution in [3.8, 4) is 11.5 Å². The van der Waals surface area contributed by atoms with Crippen molar-refractivity contribution >= 4 is 0 Å². The van der Waals surface area contributed by atoms with Crippen molar-refractivity contribution in [2.24, 2.45) is 0 Å². The summed E-state index contributed by atoms with van der Waals surface area (Å²) in [5.74, 6) is 0.382. The van der Waals surface area contributed by atoms with Gasteiger partial charge >= 0.3 is 6.18 Å². The molecule has 0 unspecified atom stereocenters. The van der Waals surface area contributed by atoms with Crippen molar-refractivity contribution < 1.29 is 23.0 Å². The molecular weight excluding hydrogens is 353 g/mol. The minimum atomic E-state index is -4.39. The van der Waals surface area contributed by atoms with E-state index in [0.717, 1.165) is 23.3 Å². The molecule has 0 bridgehead atoms. The Bertz CT molecular complexity index is 914. The van der Waals surface area contributed by atoms with E-state index < -0.39 is 17.7 Å². The van der Waals surface area contributed by atoms with Crippen LogP contribution >= 0.6 is 0 Å². The molecule has 0 spiro atoms. The summed E-state index contributed by atoms with van der Waals surface area (Å²) in [5, 5.41) is 10.5. The van der Waals surface area contributed by atoms with E-state index in [1.54, 1.807) is 31.4 Å². The molecule has 5 heteroatoms. The van der Waals surface area contributed by atoms with Crippen LogP contribution in [0.4, 0.5) is 13.2 Å². The number of hydrogen-bond donors (Lipinski definition) is 1. The molecule has 2 nitrogen and oxygen atoms in total. The zero-order valence-corrected chi connectivity index (χ0v) is 14.9. The molecule has 0 amide bonds. The fourth-order valence-electron chi connectivity index (χ4n) is 3.11. The molecule has 1 atom stereocenters. The van der Waals surface area contributed by atoms with Gasteiger partial charge in [-0.25, -0.2) is 0 Å². The van der Waals surface area contributed by atoms with Crippen LogP contribution < -0.4 is 4.74 Å². The molecule has 3 rings (SSSR count). The fraction of sp³-hybridized carbons (Fsp3) is 0.182. The van der Waals surface area contributed by atoms with E-state index >= 15 is 0 Å². The third-order valence-corrected chi connectivity index (χ3v) is 4.52. The molecule has 0 radical (unpaired) electrons. The minimum Gasteiger partial charge on any atom is -0.508 e.